The Morgan fingerprint density at radius 1 is 1.14 bits per heavy atom. The number of imidazole rings is 1. The van der Waals surface area contributed by atoms with Crippen molar-refractivity contribution >= 4 is 22.2 Å². The number of nitrogens with zero attached hydrogens (tertiary/aromatic N) is 3. The van der Waals surface area contributed by atoms with Gasteiger partial charge in [0, 0.05) is 6.61 Å². The Balaban J connectivity index is 1.73. The quantitative estimate of drug-likeness (QED) is 0.505. The van der Waals surface area contributed by atoms with E-state index < -0.39 is 5.60 Å². The summed E-state index contributed by atoms with van der Waals surface area (Å²) in [6.45, 7) is 4.19. The van der Waals surface area contributed by atoms with Crippen LogP contribution >= 0.6 is 11.3 Å². The molecule has 6 nitrogen and oxygen atoms in total. The third-order valence-corrected chi connectivity index (χ3v) is 5.53. The third kappa shape index (κ3) is 3.54. The molecule has 2 heterocycles. The van der Waals surface area contributed by atoms with Gasteiger partial charge < -0.3 is 10.1 Å². The average Bonchev–Trinajstić information content (AvgIpc) is 3.36. The topological polar surface area (TPSA) is 68.5 Å². The lowest BCUT2D eigenvalue weighted by Crippen LogP contribution is -2.48. The van der Waals surface area contributed by atoms with E-state index >= 15 is 0 Å². The van der Waals surface area contributed by atoms with E-state index in [0.29, 0.717) is 6.61 Å². The van der Waals surface area contributed by atoms with Gasteiger partial charge in [-0.3, -0.25) is 4.79 Å². The van der Waals surface area contributed by atoms with Gasteiger partial charge in [-0.25, -0.2) is 9.50 Å². The highest BCUT2D eigenvalue weighted by Crippen LogP contribution is 2.35. The largest absolute Gasteiger partial charge is 0.356 e. The fourth-order valence-electron chi connectivity index (χ4n) is 3.46. The first-order valence-corrected chi connectivity index (χ1v) is 10.4. The Labute approximate surface area is 173 Å². The van der Waals surface area contributed by atoms with Crippen molar-refractivity contribution in [2.45, 2.75) is 25.5 Å². The maximum Gasteiger partial charge on any atom is 0.262 e. The molecule has 29 heavy (non-hydrogen) atoms. The molecule has 1 amide bonds. The van der Waals surface area contributed by atoms with Crippen molar-refractivity contribution in [2.24, 2.45) is 0 Å². The minimum atomic E-state index is -1.25. The van der Waals surface area contributed by atoms with E-state index in [1.54, 1.807) is 10.0 Å². The summed E-state index contributed by atoms with van der Waals surface area (Å²) in [5.41, 5.74) is 2.81. The summed E-state index contributed by atoms with van der Waals surface area (Å²) in [6.07, 6.45) is 1.84. The maximum atomic E-state index is 13.7. The lowest BCUT2D eigenvalue weighted by atomic mass is 9.84. The molecule has 0 spiro atoms. The van der Waals surface area contributed by atoms with Gasteiger partial charge in [-0.05, 0) is 25.0 Å². The van der Waals surface area contributed by atoms with Crippen LogP contribution in [0.25, 0.3) is 4.96 Å². The lowest BCUT2D eigenvalue weighted by Gasteiger charge is -2.34. The van der Waals surface area contributed by atoms with E-state index in [2.05, 4.69) is 15.4 Å². The molecule has 1 atom stereocenters. The van der Waals surface area contributed by atoms with E-state index in [9.17, 15) is 4.79 Å². The van der Waals surface area contributed by atoms with Gasteiger partial charge in [0.2, 0.25) is 4.96 Å². The van der Waals surface area contributed by atoms with Gasteiger partial charge >= 0.3 is 0 Å². The normalized spacial score (nSPS) is 12.8. The van der Waals surface area contributed by atoms with Crippen molar-refractivity contribution in [3.05, 3.63) is 89.2 Å². The Morgan fingerprint density at radius 3 is 2.31 bits per heavy atom. The SMILES string of the molecule is CCOC(C(=O)NC(C)c1cn2ncsc2n1)(c1ccccc1)c1ccccc1. The van der Waals surface area contributed by atoms with Gasteiger partial charge in [0.15, 0.2) is 5.60 Å². The van der Waals surface area contributed by atoms with Crippen molar-refractivity contribution in [1.29, 1.82) is 0 Å². The molecule has 148 valence electrons. The molecule has 0 aliphatic heterocycles. The summed E-state index contributed by atoms with van der Waals surface area (Å²) in [5.74, 6) is -0.228. The van der Waals surface area contributed by atoms with Crippen LogP contribution in [0.1, 0.15) is 36.7 Å². The molecular formula is C22H22N4O2S. The molecule has 4 aromatic rings. The second kappa shape index (κ2) is 8.14. The van der Waals surface area contributed by atoms with Gasteiger partial charge in [0.05, 0.1) is 17.9 Å². The number of amides is 1. The van der Waals surface area contributed by atoms with Gasteiger partial charge in [0.1, 0.15) is 5.51 Å². The van der Waals surface area contributed by atoms with Crippen LogP contribution in [0, 0.1) is 0 Å². The number of carbonyl (C=O) groups excluding carboxylic acids is 1. The number of hydrogen-bond acceptors (Lipinski definition) is 5. The molecule has 0 fully saturated rings. The molecule has 0 aliphatic carbocycles. The van der Waals surface area contributed by atoms with E-state index in [-0.39, 0.29) is 11.9 Å². The van der Waals surface area contributed by atoms with Crippen LogP contribution in [0.5, 0.6) is 0 Å². The molecule has 0 aliphatic rings. The first-order chi connectivity index (χ1) is 14.1. The molecule has 2 aromatic heterocycles. The number of carbonyl (C=O) groups is 1. The summed E-state index contributed by atoms with van der Waals surface area (Å²) in [5, 5.41) is 7.32. The van der Waals surface area contributed by atoms with Gasteiger partial charge in [0.25, 0.3) is 5.91 Å². The number of benzene rings is 2. The van der Waals surface area contributed by atoms with E-state index in [4.69, 9.17) is 4.74 Å². The predicted octanol–water partition coefficient (Wildman–Crippen LogP) is 3.95. The summed E-state index contributed by atoms with van der Waals surface area (Å²) in [7, 11) is 0. The third-order valence-electron chi connectivity index (χ3n) is 4.84. The molecule has 7 heteroatoms. The van der Waals surface area contributed by atoms with Crippen molar-refractivity contribution < 1.29 is 9.53 Å². The smallest absolute Gasteiger partial charge is 0.262 e. The molecule has 0 saturated carbocycles. The molecule has 0 saturated heterocycles. The zero-order valence-corrected chi connectivity index (χ0v) is 17.1. The van der Waals surface area contributed by atoms with Crippen molar-refractivity contribution in [3.63, 3.8) is 0 Å². The number of aromatic nitrogens is 3. The van der Waals surface area contributed by atoms with Crippen LogP contribution in [0.2, 0.25) is 0 Å². The average molecular weight is 407 g/mol. The zero-order valence-electron chi connectivity index (χ0n) is 16.3. The van der Waals surface area contributed by atoms with Crippen molar-refractivity contribution in [1.82, 2.24) is 19.9 Å². The van der Waals surface area contributed by atoms with Crippen molar-refractivity contribution in [3.8, 4) is 0 Å². The van der Waals surface area contributed by atoms with E-state index in [1.165, 1.54) is 11.3 Å². The Morgan fingerprint density at radius 2 is 1.76 bits per heavy atom. The van der Waals surface area contributed by atoms with Crippen LogP contribution in [-0.4, -0.2) is 27.1 Å². The number of ether oxygens (including phenoxy) is 1. The molecule has 2 aromatic carbocycles. The van der Waals surface area contributed by atoms with Crippen LogP contribution < -0.4 is 5.32 Å². The molecule has 4 rings (SSSR count). The van der Waals surface area contributed by atoms with Gasteiger partial charge in [-0.2, -0.15) is 5.10 Å². The maximum absolute atomic E-state index is 13.7. The second-order valence-electron chi connectivity index (χ2n) is 6.67. The second-order valence-corrected chi connectivity index (χ2v) is 7.48. The minimum Gasteiger partial charge on any atom is -0.356 e. The number of fused-ring (bicyclic) bond motifs is 1. The highest BCUT2D eigenvalue weighted by atomic mass is 32.1. The zero-order chi connectivity index (χ0) is 20.3. The van der Waals surface area contributed by atoms with Gasteiger partial charge in [-0.15, -0.1) is 0 Å². The van der Waals surface area contributed by atoms with Crippen LogP contribution in [0.4, 0.5) is 0 Å². The highest BCUT2D eigenvalue weighted by Gasteiger charge is 2.43. The van der Waals surface area contributed by atoms with E-state index in [1.807, 2.05) is 80.7 Å². The Hall–Kier alpha value is -3.03. The predicted molar refractivity (Wildman–Crippen MR) is 113 cm³/mol. The Bertz CT molecular complexity index is 1020. The van der Waals surface area contributed by atoms with Crippen LogP contribution in [0.15, 0.2) is 72.4 Å². The first kappa shape index (κ1) is 19.3. The molecule has 1 unspecified atom stereocenters. The summed E-state index contributed by atoms with van der Waals surface area (Å²) >= 11 is 1.46. The van der Waals surface area contributed by atoms with Crippen LogP contribution in [0.3, 0.4) is 0 Å². The lowest BCUT2D eigenvalue weighted by molar-refractivity contribution is -0.143. The Kier molecular flexibility index (Phi) is 5.42. The minimum absolute atomic E-state index is 0.228. The summed E-state index contributed by atoms with van der Waals surface area (Å²) in [4.78, 5) is 19.1. The van der Waals surface area contributed by atoms with Gasteiger partial charge in [-0.1, -0.05) is 72.0 Å². The molecule has 1 N–H and O–H groups in total. The molecular weight excluding hydrogens is 384 g/mol. The number of nitrogens with one attached hydrogen (secondary N) is 1. The van der Waals surface area contributed by atoms with Crippen molar-refractivity contribution in [2.75, 3.05) is 6.61 Å². The summed E-state index contributed by atoms with van der Waals surface area (Å²) < 4.78 is 7.91. The van der Waals surface area contributed by atoms with E-state index in [0.717, 1.165) is 21.8 Å². The first-order valence-electron chi connectivity index (χ1n) is 9.50. The highest BCUT2D eigenvalue weighted by molar-refractivity contribution is 7.14. The number of rotatable bonds is 7. The molecule has 0 radical (unpaired) electrons. The fraction of sp³-hybridized carbons (Fsp3) is 0.227. The summed E-state index contributed by atoms with van der Waals surface area (Å²) in [6, 6.07) is 18.9. The van der Waals surface area contributed by atoms with Crippen LogP contribution in [-0.2, 0) is 15.1 Å². The standard InChI is InChI=1S/C22H22N4O2S/c1-3-28-22(17-10-6-4-7-11-17,18-12-8-5-9-13-18)20(27)24-16(2)19-14-26-21(25-19)29-15-23-26/h4-16H,3H2,1-2H3,(H,24,27). The molecule has 0 bridgehead atoms. The number of hydrogen-bond donors (Lipinski definition) is 1. The fourth-order valence-corrected chi connectivity index (χ4v) is 4.07. The monoisotopic (exact) mass is 406 g/mol.